The van der Waals surface area contributed by atoms with Gasteiger partial charge in [0.1, 0.15) is 12.1 Å². The largest absolute Gasteiger partial charge is 0.480 e. The molecule has 7 N–H and O–H groups in total. The standard InChI is InChI=1S/C19H35N5O5/c1-3-12(2)16(24-17(26)13-8-6-10-21-13)18(27)22-11-15(25)23-14(19(28)29)7-4-5-9-20/h12-14,16,21H,3-11,20H2,1-2H3,(H,22,27)(H,23,25)(H,24,26)(H,28,29). The van der Waals surface area contributed by atoms with Crippen molar-refractivity contribution in [3.8, 4) is 0 Å². The molecule has 10 nitrogen and oxygen atoms in total. The van der Waals surface area contributed by atoms with E-state index in [9.17, 15) is 24.3 Å². The Bertz CT molecular complexity index is 565. The van der Waals surface area contributed by atoms with E-state index in [-0.39, 0.29) is 30.8 Å². The predicted octanol–water partition coefficient (Wildman–Crippen LogP) is -0.916. The Morgan fingerprint density at radius 3 is 2.48 bits per heavy atom. The molecule has 0 bridgehead atoms. The minimum atomic E-state index is -1.13. The number of carbonyl (C=O) groups excluding carboxylic acids is 3. The fourth-order valence-electron chi connectivity index (χ4n) is 3.14. The normalized spacial score (nSPS) is 19.1. The molecule has 0 aromatic rings. The van der Waals surface area contributed by atoms with Crippen LogP contribution in [0.25, 0.3) is 0 Å². The van der Waals surface area contributed by atoms with Gasteiger partial charge in [-0.2, -0.15) is 0 Å². The van der Waals surface area contributed by atoms with Gasteiger partial charge in [0.25, 0.3) is 0 Å². The Kier molecular flexibility index (Phi) is 11.2. The fraction of sp³-hybridized carbons (Fsp3) is 0.789. The highest BCUT2D eigenvalue weighted by atomic mass is 16.4. The van der Waals surface area contributed by atoms with Crippen molar-refractivity contribution in [2.45, 2.75) is 70.5 Å². The summed E-state index contributed by atoms with van der Waals surface area (Å²) in [5.74, 6) is -2.53. The van der Waals surface area contributed by atoms with E-state index in [2.05, 4.69) is 21.3 Å². The molecule has 1 aliphatic rings. The Morgan fingerprint density at radius 2 is 1.93 bits per heavy atom. The second-order valence-electron chi connectivity index (χ2n) is 7.48. The number of carbonyl (C=O) groups is 4. The summed E-state index contributed by atoms with van der Waals surface area (Å²) in [5.41, 5.74) is 5.40. The molecule has 166 valence electrons. The minimum Gasteiger partial charge on any atom is -0.480 e. The number of nitrogens with one attached hydrogen (secondary N) is 4. The summed E-state index contributed by atoms with van der Waals surface area (Å²) in [6, 6.07) is -2.09. The Balaban J connectivity index is 2.56. The molecule has 1 saturated heterocycles. The average molecular weight is 414 g/mol. The fourth-order valence-corrected chi connectivity index (χ4v) is 3.14. The summed E-state index contributed by atoms with van der Waals surface area (Å²) in [4.78, 5) is 48.3. The SMILES string of the molecule is CCC(C)C(NC(=O)C1CCCN1)C(=O)NCC(=O)NC(CCCCN)C(=O)O. The number of amides is 3. The summed E-state index contributed by atoms with van der Waals surface area (Å²) in [5, 5.41) is 20.0. The first kappa shape index (κ1) is 24.8. The molecule has 10 heteroatoms. The predicted molar refractivity (Wildman–Crippen MR) is 108 cm³/mol. The van der Waals surface area contributed by atoms with Crippen molar-refractivity contribution in [3.05, 3.63) is 0 Å². The molecule has 0 spiro atoms. The number of unbranched alkanes of at least 4 members (excludes halogenated alkanes) is 1. The quantitative estimate of drug-likeness (QED) is 0.213. The van der Waals surface area contributed by atoms with Crippen molar-refractivity contribution in [2.24, 2.45) is 11.7 Å². The molecule has 0 aromatic carbocycles. The van der Waals surface area contributed by atoms with Crippen LogP contribution in [0.2, 0.25) is 0 Å². The molecule has 1 fully saturated rings. The van der Waals surface area contributed by atoms with Gasteiger partial charge in [0.05, 0.1) is 12.6 Å². The molecule has 0 aliphatic carbocycles. The number of nitrogens with two attached hydrogens (primary N) is 1. The van der Waals surface area contributed by atoms with Gasteiger partial charge < -0.3 is 32.1 Å². The average Bonchev–Trinajstić information content (AvgIpc) is 3.23. The van der Waals surface area contributed by atoms with Crippen LogP contribution in [-0.2, 0) is 19.2 Å². The van der Waals surface area contributed by atoms with Crippen molar-refractivity contribution in [3.63, 3.8) is 0 Å². The van der Waals surface area contributed by atoms with Gasteiger partial charge in [0.2, 0.25) is 17.7 Å². The highest BCUT2D eigenvalue weighted by Gasteiger charge is 2.30. The third-order valence-corrected chi connectivity index (χ3v) is 5.17. The van der Waals surface area contributed by atoms with Gasteiger partial charge in [-0.25, -0.2) is 4.79 Å². The highest BCUT2D eigenvalue weighted by molar-refractivity contribution is 5.92. The van der Waals surface area contributed by atoms with Crippen LogP contribution >= 0.6 is 0 Å². The van der Waals surface area contributed by atoms with Crippen LogP contribution < -0.4 is 27.0 Å². The van der Waals surface area contributed by atoms with E-state index >= 15 is 0 Å². The van der Waals surface area contributed by atoms with Gasteiger partial charge in [0.15, 0.2) is 0 Å². The van der Waals surface area contributed by atoms with Crippen LogP contribution in [0, 0.1) is 5.92 Å². The lowest BCUT2D eigenvalue weighted by Gasteiger charge is -2.25. The van der Waals surface area contributed by atoms with Crippen LogP contribution in [0.5, 0.6) is 0 Å². The zero-order valence-corrected chi connectivity index (χ0v) is 17.3. The molecule has 0 saturated carbocycles. The van der Waals surface area contributed by atoms with Crippen LogP contribution in [0.15, 0.2) is 0 Å². The van der Waals surface area contributed by atoms with Crippen molar-refractivity contribution in [1.82, 2.24) is 21.3 Å². The molecule has 1 heterocycles. The summed E-state index contributed by atoms with van der Waals surface area (Å²) >= 11 is 0. The summed E-state index contributed by atoms with van der Waals surface area (Å²) in [6.07, 6.45) is 3.83. The Morgan fingerprint density at radius 1 is 1.21 bits per heavy atom. The lowest BCUT2D eigenvalue weighted by Crippen LogP contribution is -2.55. The molecular formula is C19H35N5O5. The van der Waals surface area contributed by atoms with Gasteiger partial charge in [-0.1, -0.05) is 20.3 Å². The highest BCUT2D eigenvalue weighted by Crippen LogP contribution is 2.11. The van der Waals surface area contributed by atoms with E-state index in [1.54, 1.807) is 0 Å². The first-order valence-electron chi connectivity index (χ1n) is 10.3. The lowest BCUT2D eigenvalue weighted by molar-refractivity contribution is -0.142. The number of rotatable bonds is 13. The maximum atomic E-state index is 12.6. The van der Waals surface area contributed by atoms with Crippen molar-refractivity contribution >= 4 is 23.7 Å². The van der Waals surface area contributed by atoms with Gasteiger partial charge in [-0.15, -0.1) is 0 Å². The zero-order valence-electron chi connectivity index (χ0n) is 17.3. The number of carboxylic acid groups (broad SMARTS) is 1. The van der Waals surface area contributed by atoms with Gasteiger partial charge in [-0.3, -0.25) is 14.4 Å². The van der Waals surface area contributed by atoms with E-state index < -0.39 is 29.9 Å². The topological polar surface area (TPSA) is 163 Å². The minimum absolute atomic E-state index is 0.119. The molecular weight excluding hydrogens is 378 g/mol. The van der Waals surface area contributed by atoms with E-state index in [4.69, 9.17) is 5.73 Å². The molecule has 1 aliphatic heterocycles. The second-order valence-corrected chi connectivity index (χ2v) is 7.48. The maximum absolute atomic E-state index is 12.6. The third kappa shape index (κ3) is 8.78. The summed E-state index contributed by atoms with van der Waals surface area (Å²) < 4.78 is 0. The van der Waals surface area contributed by atoms with E-state index in [1.807, 2.05) is 13.8 Å². The van der Waals surface area contributed by atoms with Crippen molar-refractivity contribution in [2.75, 3.05) is 19.6 Å². The zero-order chi connectivity index (χ0) is 21.8. The molecule has 4 unspecified atom stereocenters. The molecule has 1 rings (SSSR count). The monoisotopic (exact) mass is 413 g/mol. The lowest BCUT2D eigenvalue weighted by atomic mass is 9.97. The summed E-state index contributed by atoms with van der Waals surface area (Å²) in [6.45, 7) is 4.63. The van der Waals surface area contributed by atoms with E-state index in [0.717, 1.165) is 19.4 Å². The molecule has 29 heavy (non-hydrogen) atoms. The van der Waals surface area contributed by atoms with Crippen LogP contribution in [0.1, 0.15) is 52.4 Å². The number of aliphatic carboxylic acids is 1. The van der Waals surface area contributed by atoms with Crippen molar-refractivity contribution < 1.29 is 24.3 Å². The van der Waals surface area contributed by atoms with Crippen LogP contribution in [0.3, 0.4) is 0 Å². The molecule has 3 amide bonds. The second kappa shape index (κ2) is 13.1. The van der Waals surface area contributed by atoms with Gasteiger partial charge >= 0.3 is 5.97 Å². The number of hydrogen-bond donors (Lipinski definition) is 6. The summed E-state index contributed by atoms with van der Waals surface area (Å²) in [7, 11) is 0. The molecule has 0 aromatic heterocycles. The van der Waals surface area contributed by atoms with Gasteiger partial charge in [-0.05, 0) is 51.1 Å². The van der Waals surface area contributed by atoms with Crippen LogP contribution in [0.4, 0.5) is 0 Å². The smallest absolute Gasteiger partial charge is 0.326 e. The molecule has 4 atom stereocenters. The number of hydrogen-bond acceptors (Lipinski definition) is 6. The van der Waals surface area contributed by atoms with E-state index in [1.165, 1.54) is 0 Å². The Labute approximate surface area is 171 Å². The number of carboxylic acids is 1. The first-order chi connectivity index (χ1) is 13.8. The molecule has 0 radical (unpaired) electrons. The first-order valence-corrected chi connectivity index (χ1v) is 10.3. The Hall–Kier alpha value is -2.20. The third-order valence-electron chi connectivity index (χ3n) is 5.17. The van der Waals surface area contributed by atoms with Crippen LogP contribution in [-0.4, -0.2) is 66.6 Å². The van der Waals surface area contributed by atoms with Gasteiger partial charge in [0, 0.05) is 0 Å². The van der Waals surface area contributed by atoms with Crippen molar-refractivity contribution in [1.29, 1.82) is 0 Å². The maximum Gasteiger partial charge on any atom is 0.326 e. The van der Waals surface area contributed by atoms with E-state index in [0.29, 0.717) is 25.8 Å².